The molecule has 2 N–H and O–H groups in total. The number of amides is 1. The minimum Gasteiger partial charge on any atom is -0.504 e. The number of carbonyl (C=O) groups is 1. The molecule has 0 heterocycles. The van der Waals surface area contributed by atoms with Crippen LogP contribution in [0, 0.1) is 10.1 Å². The summed E-state index contributed by atoms with van der Waals surface area (Å²) in [4.78, 5) is 27.1. The molecule has 31 heavy (non-hydrogen) atoms. The number of non-ortho nitro benzene ring substituents is 1. The first-order chi connectivity index (χ1) is 14.9. The smallest absolute Gasteiger partial charge is 0.274 e. The van der Waals surface area contributed by atoms with Crippen LogP contribution in [0.25, 0.3) is 0 Å². The molecular weight excluding hydrogens is 466 g/mol. The van der Waals surface area contributed by atoms with Gasteiger partial charge in [0.1, 0.15) is 0 Å². The highest BCUT2D eigenvalue weighted by Crippen LogP contribution is 2.34. The van der Waals surface area contributed by atoms with Crippen LogP contribution in [0.5, 0.6) is 11.5 Å². The second-order valence-corrected chi connectivity index (χ2v) is 7.25. The molecule has 9 heteroatoms. The van der Waals surface area contributed by atoms with Gasteiger partial charge in [-0.05, 0) is 55.5 Å². The van der Waals surface area contributed by atoms with Crippen LogP contribution in [0.1, 0.15) is 22.8 Å². The second-order valence-electron chi connectivity index (χ2n) is 6.34. The third-order valence-corrected chi connectivity index (χ3v) is 4.71. The lowest BCUT2D eigenvalue weighted by molar-refractivity contribution is -0.385. The number of nitro groups is 1. The van der Waals surface area contributed by atoms with Gasteiger partial charge in [0.2, 0.25) is 0 Å². The number of hydrogen-bond donors (Lipinski definition) is 2. The lowest BCUT2D eigenvalue weighted by atomic mass is 10.1. The van der Waals surface area contributed by atoms with Crippen molar-refractivity contribution in [2.24, 2.45) is 4.99 Å². The number of nitrogens with one attached hydrogen (secondary N) is 1. The summed E-state index contributed by atoms with van der Waals surface area (Å²) in [6, 6.07) is 16.1. The van der Waals surface area contributed by atoms with Gasteiger partial charge in [-0.1, -0.05) is 15.9 Å². The average molecular weight is 484 g/mol. The molecule has 8 nitrogen and oxygen atoms in total. The number of phenolic OH excluding ortho intramolecular Hbond substituents is 1. The van der Waals surface area contributed by atoms with Gasteiger partial charge in [0.15, 0.2) is 11.5 Å². The summed E-state index contributed by atoms with van der Waals surface area (Å²) in [6.45, 7) is 1.96. The molecule has 0 bridgehead atoms. The summed E-state index contributed by atoms with van der Waals surface area (Å²) in [5.41, 5.74) is 1.59. The van der Waals surface area contributed by atoms with Gasteiger partial charge >= 0.3 is 0 Å². The third kappa shape index (κ3) is 5.67. The number of aliphatic imine (C=N–C) groups is 1. The quantitative estimate of drug-likeness (QED) is 0.263. The fourth-order valence-corrected chi connectivity index (χ4v) is 2.93. The highest BCUT2D eigenvalue weighted by molar-refractivity contribution is 9.10. The van der Waals surface area contributed by atoms with Crippen molar-refractivity contribution < 1.29 is 19.6 Å². The molecule has 0 fully saturated rings. The van der Waals surface area contributed by atoms with E-state index in [0.29, 0.717) is 16.9 Å². The normalized spacial score (nSPS) is 10.8. The second kappa shape index (κ2) is 9.86. The minimum atomic E-state index is -0.567. The molecule has 158 valence electrons. The zero-order valence-electron chi connectivity index (χ0n) is 16.4. The Labute approximate surface area is 186 Å². The first kappa shape index (κ1) is 22.0. The van der Waals surface area contributed by atoms with Gasteiger partial charge in [0.25, 0.3) is 11.6 Å². The van der Waals surface area contributed by atoms with E-state index in [9.17, 15) is 20.0 Å². The molecule has 0 aliphatic heterocycles. The average Bonchev–Trinajstić information content (AvgIpc) is 2.75. The fourth-order valence-electron chi connectivity index (χ4n) is 2.66. The molecule has 0 saturated heterocycles. The van der Waals surface area contributed by atoms with Crippen molar-refractivity contribution in [3.8, 4) is 11.5 Å². The van der Waals surface area contributed by atoms with Crippen LogP contribution in [0.2, 0.25) is 0 Å². The predicted molar refractivity (Wildman–Crippen MR) is 122 cm³/mol. The largest absolute Gasteiger partial charge is 0.504 e. The van der Waals surface area contributed by atoms with Crippen molar-refractivity contribution in [3.05, 3.63) is 86.4 Å². The van der Waals surface area contributed by atoms with E-state index < -0.39 is 4.92 Å². The molecule has 1 amide bonds. The van der Waals surface area contributed by atoms with E-state index in [4.69, 9.17) is 4.74 Å². The van der Waals surface area contributed by atoms with Crippen molar-refractivity contribution >= 4 is 45.1 Å². The number of rotatable bonds is 7. The van der Waals surface area contributed by atoms with Gasteiger partial charge in [0.05, 0.1) is 23.3 Å². The topological polar surface area (TPSA) is 114 Å². The Morgan fingerprint density at radius 1 is 1.19 bits per heavy atom. The molecule has 3 aromatic carbocycles. The van der Waals surface area contributed by atoms with Gasteiger partial charge < -0.3 is 15.2 Å². The van der Waals surface area contributed by atoms with Crippen LogP contribution in [0.3, 0.4) is 0 Å². The van der Waals surface area contributed by atoms with Crippen molar-refractivity contribution in [2.75, 3.05) is 11.9 Å². The van der Waals surface area contributed by atoms with Gasteiger partial charge in [0, 0.05) is 33.6 Å². The Bertz CT molecular complexity index is 1130. The molecule has 0 unspecified atom stereocenters. The number of aromatic hydroxyl groups is 1. The van der Waals surface area contributed by atoms with E-state index in [1.54, 1.807) is 55.5 Å². The summed E-state index contributed by atoms with van der Waals surface area (Å²) in [5, 5.41) is 24.2. The Balaban J connectivity index is 1.75. The molecule has 0 radical (unpaired) electrons. The van der Waals surface area contributed by atoms with Crippen LogP contribution >= 0.6 is 15.9 Å². The third-order valence-electron chi connectivity index (χ3n) is 4.18. The fraction of sp³-hybridized carbons (Fsp3) is 0.0909. The molecule has 0 aliphatic carbocycles. The van der Waals surface area contributed by atoms with Crippen molar-refractivity contribution in [3.63, 3.8) is 0 Å². The lowest BCUT2D eigenvalue weighted by Gasteiger charge is -2.08. The van der Waals surface area contributed by atoms with Gasteiger partial charge in [-0.15, -0.1) is 0 Å². The Kier molecular flexibility index (Phi) is 6.99. The van der Waals surface area contributed by atoms with E-state index in [1.807, 2.05) is 0 Å². The number of halogens is 1. The summed E-state index contributed by atoms with van der Waals surface area (Å²) >= 11 is 3.33. The minimum absolute atomic E-state index is 0.0177. The first-order valence-electron chi connectivity index (χ1n) is 9.22. The van der Waals surface area contributed by atoms with Crippen LogP contribution in [0.15, 0.2) is 70.1 Å². The van der Waals surface area contributed by atoms with E-state index >= 15 is 0 Å². The van der Waals surface area contributed by atoms with Crippen molar-refractivity contribution in [2.45, 2.75) is 6.92 Å². The lowest BCUT2D eigenvalue weighted by Crippen LogP contribution is -2.11. The maximum absolute atomic E-state index is 12.3. The molecule has 3 rings (SSSR count). The maximum atomic E-state index is 12.3. The maximum Gasteiger partial charge on any atom is 0.274 e. The zero-order valence-corrected chi connectivity index (χ0v) is 18.0. The molecule has 0 aromatic heterocycles. The number of hydrogen-bond acceptors (Lipinski definition) is 6. The summed E-state index contributed by atoms with van der Waals surface area (Å²) in [6.07, 6.45) is 1.32. The predicted octanol–water partition coefficient (Wildman–Crippen LogP) is 5.46. The van der Waals surface area contributed by atoms with E-state index in [1.165, 1.54) is 18.3 Å². The highest BCUT2D eigenvalue weighted by Gasteiger charge is 2.16. The number of benzene rings is 3. The number of nitrogens with zero attached hydrogens (tertiary/aromatic N) is 2. The van der Waals surface area contributed by atoms with Crippen molar-refractivity contribution in [1.29, 1.82) is 0 Å². The first-order valence-corrected chi connectivity index (χ1v) is 10.0. The van der Waals surface area contributed by atoms with Crippen molar-refractivity contribution in [1.82, 2.24) is 0 Å². The summed E-state index contributed by atoms with van der Waals surface area (Å²) < 4.78 is 6.14. The number of nitro benzene ring substituents is 1. The van der Waals surface area contributed by atoms with Gasteiger partial charge in [-0.3, -0.25) is 19.9 Å². The monoisotopic (exact) mass is 483 g/mol. The Morgan fingerprint density at radius 2 is 1.87 bits per heavy atom. The number of carbonyl (C=O) groups excluding carboxylic acids is 1. The molecule has 3 aromatic rings. The van der Waals surface area contributed by atoms with E-state index in [2.05, 4.69) is 26.2 Å². The number of ether oxygens (including phenoxy) is 1. The molecular formula is C22H18BrN3O5. The van der Waals surface area contributed by atoms with Crippen LogP contribution in [-0.4, -0.2) is 28.8 Å². The molecule has 0 aliphatic rings. The van der Waals surface area contributed by atoms with E-state index in [0.717, 1.165) is 4.47 Å². The summed E-state index contributed by atoms with van der Waals surface area (Å²) in [5.74, 6) is -0.451. The van der Waals surface area contributed by atoms with Crippen LogP contribution in [0.4, 0.5) is 17.1 Å². The number of phenols is 1. The molecule has 0 atom stereocenters. The molecule has 0 saturated carbocycles. The Morgan fingerprint density at radius 3 is 2.48 bits per heavy atom. The van der Waals surface area contributed by atoms with Crippen LogP contribution in [-0.2, 0) is 0 Å². The van der Waals surface area contributed by atoms with Gasteiger partial charge in [-0.2, -0.15) is 0 Å². The Hall–Kier alpha value is -3.72. The number of anilines is 1. The van der Waals surface area contributed by atoms with E-state index in [-0.39, 0.29) is 35.3 Å². The SMILES string of the molecule is CCOc1cc([N+](=O)[O-])cc(C=Nc2ccc(NC(=O)c3ccc(Br)cc3)cc2)c1O. The van der Waals surface area contributed by atoms with Gasteiger partial charge in [-0.25, -0.2) is 0 Å². The standard InChI is InChI=1S/C22H18BrN3O5/c1-2-31-20-12-19(26(29)30)11-15(21(20)27)13-24-17-7-9-18(10-8-17)25-22(28)14-3-5-16(23)6-4-14/h3-13,27H,2H2,1H3,(H,25,28). The highest BCUT2D eigenvalue weighted by atomic mass is 79.9. The summed E-state index contributed by atoms with van der Waals surface area (Å²) in [7, 11) is 0. The molecule has 0 spiro atoms. The van der Waals surface area contributed by atoms with Crippen LogP contribution < -0.4 is 10.1 Å². The zero-order chi connectivity index (χ0) is 22.4.